The first-order valence-electron chi connectivity index (χ1n) is 5.94. The predicted molar refractivity (Wildman–Crippen MR) is 52.9 cm³/mol. The average Bonchev–Trinajstić information content (AvgIpc) is 2.80. The molecular formula is C12H18O2. The van der Waals surface area contributed by atoms with E-state index in [9.17, 15) is 4.79 Å². The van der Waals surface area contributed by atoms with Crippen molar-refractivity contribution >= 4 is 5.78 Å². The smallest absolute Gasteiger partial charge is 0.133 e. The van der Waals surface area contributed by atoms with Crippen molar-refractivity contribution in [3.63, 3.8) is 0 Å². The highest BCUT2D eigenvalue weighted by molar-refractivity contribution is 5.81. The van der Waals surface area contributed by atoms with Crippen LogP contribution in [0.25, 0.3) is 0 Å². The summed E-state index contributed by atoms with van der Waals surface area (Å²) in [4.78, 5) is 11.2. The molecule has 3 saturated carbocycles. The number of hydrogen-bond acceptors (Lipinski definition) is 2. The Morgan fingerprint density at radius 1 is 1.14 bits per heavy atom. The van der Waals surface area contributed by atoms with E-state index in [1.807, 2.05) is 0 Å². The first-order chi connectivity index (χ1) is 6.81. The van der Waals surface area contributed by atoms with Gasteiger partial charge in [-0.2, -0.15) is 0 Å². The molecule has 2 unspecified atom stereocenters. The van der Waals surface area contributed by atoms with E-state index in [1.165, 1.54) is 12.8 Å². The van der Waals surface area contributed by atoms with Gasteiger partial charge >= 0.3 is 0 Å². The summed E-state index contributed by atoms with van der Waals surface area (Å²) in [5, 5.41) is 0. The van der Waals surface area contributed by atoms with Crippen LogP contribution in [0, 0.1) is 17.8 Å². The molecule has 0 aromatic rings. The Kier molecular flexibility index (Phi) is 2.12. The van der Waals surface area contributed by atoms with Gasteiger partial charge in [-0.1, -0.05) is 0 Å². The fourth-order valence-corrected chi connectivity index (χ4v) is 3.02. The van der Waals surface area contributed by atoms with E-state index in [0.717, 1.165) is 38.2 Å². The second-order valence-corrected chi connectivity index (χ2v) is 5.34. The van der Waals surface area contributed by atoms with Crippen LogP contribution in [0.3, 0.4) is 0 Å². The average molecular weight is 194 g/mol. The molecule has 3 aliphatic rings. The molecule has 0 radical (unpaired) electrons. The maximum atomic E-state index is 11.2. The Balaban J connectivity index is 1.48. The van der Waals surface area contributed by atoms with E-state index in [0.29, 0.717) is 23.7 Å². The molecule has 3 aliphatic carbocycles. The maximum Gasteiger partial charge on any atom is 0.133 e. The minimum Gasteiger partial charge on any atom is -0.378 e. The molecule has 0 N–H and O–H groups in total. The van der Waals surface area contributed by atoms with E-state index >= 15 is 0 Å². The van der Waals surface area contributed by atoms with Crippen molar-refractivity contribution in [2.24, 2.45) is 17.8 Å². The molecule has 2 nitrogen and oxygen atoms in total. The minimum atomic E-state index is 0.485. The number of ketones is 1. The standard InChI is InChI=1S/C12H18O2/c13-11-3-9-5-12(6-10(9)4-11)14-7-8-1-2-8/h8-10,12H,1-7H2. The zero-order valence-corrected chi connectivity index (χ0v) is 8.58. The van der Waals surface area contributed by atoms with Gasteiger partial charge in [-0.15, -0.1) is 0 Å². The molecule has 78 valence electrons. The lowest BCUT2D eigenvalue weighted by molar-refractivity contribution is -0.118. The van der Waals surface area contributed by atoms with Crippen molar-refractivity contribution in [1.29, 1.82) is 0 Å². The lowest BCUT2D eigenvalue weighted by Gasteiger charge is -2.11. The van der Waals surface area contributed by atoms with Crippen molar-refractivity contribution in [3.05, 3.63) is 0 Å². The fourth-order valence-electron chi connectivity index (χ4n) is 3.02. The number of ether oxygens (including phenoxy) is 1. The largest absolute Gasteiger partial charge is 0.378 e. The summed E-state index contributed by atoms with van der Waals surface area (Å²) >= 11 is 0. The summed E-state index contributed by atoms with van der Waals surface area (Å²) in [5.41, 5.74) is 0. The summed E-state index contributed by atoms with van der Waals surface area (Å²) in [7, 11) is 0. The molecule has 0 spiro atoms. The van der Waals surface area contributed by atoms with E-state index in [4.69, 9.17) is 4.74 Å². The summed E-state index contributed by atoms with van der Waals surface area (Å²) in [6.07, 6.45) is 7.23. The molecule has 0 amide bonds. The zero-order valence-electron chi connectivity index (χ0n) is 8.58. The number of Topliss-reactive ketones (excluding diaryl/α,β-unsaturated/α-hetero) is 1. The molecule has 0 saturated heterocycles. The molecule has 0 heterocycles. The summed E-state index contributed by atoms with van der Waals surface area (Å²) < 4.78 is 5.89. The van der Waals surface area contributed by atoms with Crippen LogP contribution in [0.5, 0.6) is 0 Å². The molecular weight excluding hydrogens is 176 g/mol. The maximum absolute atomic E-state index is 11.2. The van der Waals surface area contributed by atoms with Gasteiger partial charge in [-0.05, 0) is 43.4 Å². The second-order valence-electron chi connectivity index (χ2n) is 5.34. The van der Waals surface area contributed by atoms with Crippen LogP contribution >= 0.6 is 0 Å². The normalized spacial score (nSPS) is 41.7. The fraction of sp³-hybridized carbons (Fsp3) is 0.917. The first kappa shape index (κ1) is 8.90. The monoisotopic (exact) mass is 194 g/mol. The van der Waals surface area contributed by atoms with Gasteiger partial charge in [-0.3, -0.25) is 4.79 Å². The number of fused-ring (bicyclic) bond motifs is 1. The quantitative estimate of drug-likeness (QED) is 0.688. The third-order valence-electron chi connectivity index (χ3n) is 4.04. The number of carbonyl (C=O) groups is 1. The van der Waals surface area contributed by atoms with Gasteiger partial charge in [-0.25, -0.2) is 0 Å². The summed E-state index contributed by atoms with van der Waals surface area (Å²) in [6, 6.07) is 0. The predicted octanol–water partition coefficient (Wildman–Crippen LogP) is 2.17. The van der Waals surface area contributed by atoms with Gasteiger partial charge in [0, 0.05) is 19.4 Å². The van der Waals surface area contributed by atoms with Crippen LogP contribution in [0.15, 0.2) is 0 Å². The molecule has 0 aliphatic heterocycles. The second kappa shape index (κ2) is 3.34. The Labute approximate surface area is 85.0 Å². The molecule has 0 aromatic heterocycles. The number of hydrogen-bond donors (Lipinski definition) is 0. The molecule has 2 atom stereocenters. The van der Waals surface area contributed by atoms with Gasteiger partial charge in [0.2, 0.25) is 0 Å². The van der Waals surface area contributed by atoms with Crippen molar-refractivity contribution in [3.8, 4) is 0 Å². The Hall–Kier alpha value is -0.370. The van der Waals surface area contributed by atoms with E-state index in [-0.39, 0.29) is 0 Å². The van der Waals surface area contributed by atoms with Crippen LogP contribution in [0.1, 0.15) is 38.5 Å². The third-order valence-corrected chi connectivity index (χ3v) is 4.04. The summed E-state index contributed by atoms with van der Waals surface area (Å²) in [6.45, 7) is 0.984. The lowest BCUT2D eigenvalue weighted by atomic mass is 10.0. The molecule has 0 aromatic carbocycles. The van der Waals surface area contributed by atoms with Crippen LogP contribution in [-0.2, 0) is 9.53 Å². The Bertz CT molecular complexity index is 229. The Morgan fingerprint density at radius 2 is 1.79 bits per heavy atom. The first-order valence-corrected chi connectivity index (χ1v) is 5.94. The topological polar surface area (TPSA) is 26.3 Å². The molecule has 3 rings (SSSR count). The van der Waals surface area contributed by atoms with Crippen LogP contribution < -0.4 is 0 Å². The molecule has 3 fully saturated rings. The van der Waals surface area contributed by atoms with E-state index < -0.39 is 0 Å². The van der Waals surface area contributed by atoms with Gasteiger partial charge in [0.1, 0.15) is 5.78 Å². The van der Waals surface area contributed by atoms with Crippen molar-refractivity contribution in [2.75, 3.05) is 6.61 Å². The van der Waals surface area contributed by atoms with Crippen molar-refractivity contribution in [1.82, 2.24) is 0 Å². The van der Waals surface area contributed by atoms with Gasteiger partial charge in [0.15, 0.2) is 0 Å². The molecule has 14 heavy (non-hydrogen) atoms. The Morgan fingerprint density at radius 3 is 2.36 bits per heavy atom. The van der Waals surface area contributed by atoms with Crippen LogP contribution in [0.2, 0.25) is 0 Å². The van der Waals surface area contributed by atoms with Gasteiger partial charge in [0.05, 0.1) is 6.10 Å². The van der Waals surface area contributed by atoms with Crippen molar-refractivity contribution < 1.29 is 9.53 Å². The van der Waals surface area contributed by atoms with Gasteiger partial charge < -0.3 is 4.74 Å². The summed E-state index contributed by atoms with van der Waals surface area (Å²) in [5.74, 6) is 2.70. The highest BCUT2D eigenvalue weighted by Crippen LogP contribution is 2.44. The lowest BCUT2D eigenvalue weighted by Crippen LogP contribution is -2.12. The van der Waals surface area contributed by atoms with E-state index in [2.05, 4.69) is 0 Å². The molecule has 2 heteroatoms. The minimum absolute atomic E-state index is 0.485. The highest BCUT2D eigenvalue weighted by Gasteiger charge is 2.41. The van der Waals surface area contributed by atoms with Crippen molar-refractivity contribution in [2.45, 2.75) is 44.6 Å². The van der Waals surface area contributed by atoms with Crippen LogP contribution in [0.4, 0.5) is 0 Å². The SMILES string of the molecule is O=C1CC2CC(OCC3CC3)CC2C1. The van der Waals surface area contributed by atoms with Crippen LogP contribution in [-0.4, -0.2) is 18.5 Å². The third kappa shape index (κ3) is 1.72. The highest BCUT2D eigenvalue weighted by atomic mass is 16.5. The van der Waals surface area contributed by atoms with Gasteiger partial charge in [0.25, 0.3) is 0 Å². The molecule has 0 bridgehead atoms. The number of rotatable bonds is 3. The number of carbonyl (C=O) groups excluding carboxylic acids is 1. The van der Waals surface area contributed by atoms with E-state index in [1.54, 1.807) is 0 Å². The zero-order chi connectivity index (χ0) is 9.54.